The second-order valence-corrected chi connectivity index (χ2v) is 7.80. The smallest absolute Gasteiger partial charge is 0.225 e. The topological polar surface area (TPSA) is 62.7 Å². The largest absolute Gasteiger partial charge is 0.361 e. The molecule has 2 aromatic heterocycles. The fourth-order valence-electron chi connectivity index (χ4n) is 4.10. The van der Waals surface area contributed by atoms with Crippen LogP contribution in [0, 0.1) is 0 Å². The molecule has 3 aromatic carbocycles. The average molecular weight is 409 g/mol. The summed E-state index contributed by atoms with van der Waals surface area (Å²) in [5, 5.41) is 11.1. The fourth-order valence-corrected chi connectivity index (χ4v) is 4.10. The first-order valence-electron chi connectivity index (χ1n) is 10.6. The second kappa shape index (κ2) is 8.48. The number of carbonyl (C=O) groups is 1. The molecule has 0 saturated carbocycles. The molecule has 0 aliphatic heterocycles. The van der Waals surface area contributed by atoms with Crippen LogP contribution in [0.25, 0.3) is 21.7 Å². The van der Waals surface area contributed by atoms with Gasteiger partial charge in [0.1, 0.15) is 0 Å². The normalized spacial score (nSPS) is 11.2. The Kier molecular flexibility index (Phi) is 5.23. The summed E-state index contributed by atoms with van der Waals surface area (Å²) in [6.07, 6.45) is 6.08. The zero-order valence-electron chi connectivity index (χ0n) is 17.2. The van der Waals surface area contributed by atoms with Crippen molar-refractivity contribution in [3.8, 4) is 0 Å². The molecule has 31 heavy (non-hydrogen) atoms. The minimum Gasteiger partial charge on any atom is -0.361 e. The van der Waals surface area contributed by atoms with Crippen LogP contribution >= 0.6 is 0 Å². The number of amides is 1. The van der Waals surface area contributed by atoms with Gasteiger partial charge in [0.15, 0.2) is 5.82 Å². The maximum Gasteiger partial charge on any atom is 0.225 e. The first-order valence-corrected chi connectivity index (χ1v) is 10.6. The third kappa shape index (κ3) is 4.21. The highest BCUT2D eigenvalue weighted by Crippen LogP contribution is 2.21. The van der Waals surface area contributed by atoms with Crippen LogP contribution in [-0.2, 0) is 17.8 Å². The highest BCUT2D eigenvalue weighted by atomic mass is 16.1. The van der Waals surface area contributed by atoms with Crippen molar-refractivity contribution in [1.82, 2.24) is 14.8 Å². The number of aryl methyl sites for hydroxylation is 1. The van der Waals surface area contributed by atoms with Crippen LogP contribution in [0.5, 0.6) is 0 Å². The molecule has 154 valence electrons. The fraction of sp³-hybridized carbons (Fsp3) is 0.154. The van der Waals surface area contributed by atoms with Crippen molar-refractivity contribution >= 4 is 33.4 Å². The SMILES string of the molecule is O=C(CCCc1c[nH]c2ccccc12)Nc1ccn(Cc2cccc3ccccc23)n1. The minimum absolute atomic E-state index is 0.00440. The minimum atomic E-state index is -0.00440. The summed E-state index contributed by atoms with van der Waals surface area (Å²) in [6, 6.07) is 24.7. The highest BCUT2D eigenvalue weighted by molar-refractivity contribution is 5.90. The van der Waals surface area contributed by atoms with Crippen LogP contribution in [0.2, 0.25) is 0 Å². The van der Waals surface area contributed by atoms with E-state index in [4.69, 9.17) is 0 Å². The summed E-state index contributed by atoms with van der Waals surface area (Å²) < 4.78 is 1.86. The summed E-state index contributed by atoms with van der Waals surface area (Å²) in [4.78, 5) is 15.7. The molecule has 5 rings (SSSR count). The Bertz CT molecular complexity index is 1340. The molecular formula is C26H24N4O. The van der Waals surface area contributed by atoms with E-state index in [0.29, 0.717) is 18.8 Å². The van der Waals surface area contributed by atoms with E-state index in [-0.39, 0.29) is 5.91 Å². The van der Waals surface area contributed by atoms with E-state index in [1.807, 2.05) is 41.3 Å². The number of para-hydroxylation sites is 1. The molecule has 1 amide bonds. The molecule has 0 aliphatic rings. The number of nitrogens with one attached hydrogen (secondary N) is 2. The maximum atomic E-state index is 12.4. The number of hydrogen-bond donors (Lipinski definition) is 2. The first-order chi connectivity index (χ1) is 15.3. The molecule has 2 heterocycles. The van der Waals surface area contributed by atoms with E-state index in [1.165, 1.54) is 27.3 Å². The molecule has 0 unspecified atom stereocenters. The molecule has 0 aliphatic carbocycles. The number of carbonyl (C=O) groups excluding carboxylic acids is 1. The van der Waals surface area contributed by atoms with Gasteiger partial charge in [0.2, 0.25) is 5.91 Å². The van der Waals surface area contributed by atoms with Gasteiger partial charge in [-0.25, -0.2) is 0 Å². The van der Waals surface area contributed by atoms with Crippen molar-refractivity contribution in [3.63, 3.8) is 0 Å². The van der Waals surface area contributed by atoms with Gasteiger partial charge >= 0.3 is 0 Å². The van der Waals surface area contributed by atoms with Crippen molar-refractivity contribution in [2.24, 2.45) is 0 Å². The number of hydrogen-bond acceptors (Lipinski definition) is 2. The summed E-state index contributed by atoms with van der Waals surface area (Å²) in [5.74, 6) is 0.590. The van der Waals surface area contributed by atoms with Crippen LogP contribution in [0.15, 0.2) is 85.2 Å². The van der Waals surface area contributed by atoms with Crippen LogP contribution in [-0.4, -0.2) is 20.7 Å². The number of H-pyrrole nitrogens is 1. The Labute approximate surface area is 180 Å². The Morgan fingerprint density at radius 2 is 1.71 bits per heavy atom. The Balaban J connectivity index is 1.17. The lowest BCUT2D eigenvalue weighted by Crippen LogP contribution is -2.12. The van der Waals surface area contributed by atoms with Gasteiger partial charge in [0.05, 0.1) is 6.54 Å². The van der Waals surface area contributed by atoms with Gasteiger partial charge in [0, 0.05) is 35.8 Å². The lowest BCUT2D eigenvalue weighted by atomic mass is 10.0. The Morgan fingerprint density at radius 1 is 0.903 bits per heavy atom. The van der Waals surface area contributed by atoms with Crippen LogP contribution in [0.1, 0.15) is 24.0 Å². The standard InChI is InChI=1S/C26H24N4O/c31-26(14-6-9-20-17-27-24-13-4-3-12-23(20)24)28-25-15-16-30(29-25)18-21-10-5-8-19-7-1-2-11-22(19)21/h1-5,7-8,10-13,15-17,27H,6,9,14,18H2,(H,28,29,31). The lowest BCUT2D eigenvalue weighted by molar-refractivity contribution is -0.116. The molecule has 2 N–H and O–H groups in total. The van der Waals surface area contributed by atoms with E-state index in [0.717, 1.165) is 18.4 Å². The monoisotopic (exact) mass is 408 g/mol. The van der Waals surface area contributed by atoms with Gasteiger partial charge in [-0.1, -0.05) is 60.7 Å². The lowest BCUT2D eigenvalue weighted by Gasteiger charge is -2.07. The summed E-state index contributed by atoms with van der Waals surface area (Å²) >= 11 is 0. The number of aromatic nitrogens is 3. The van der Waals surface area contributed by atoms with Crippen molar-refractivity contribution in [3.05, 3.63) is 96.3 Å². The van der Waals surface area contributed by atoms with Gasteiger partial charge in [-0.2, -0.15) is 5.10 Å². The number of fused-ring (bicyclic) bond motifs is 2. The molecule has 0 fully saturated rings. The van der Waals surface area contributed by atoms with Crippen molar-refractivity contribution < 1.29 is 4.79 Å². The molecule has 0 radical (unpaired) electrons. The second-order valence-electron chi connectivity index (χ2n) is 7.80. The predicted molar refractivity (Wildman–Crippen MR) is 125 cm³/mol. The van der Waals surface area contributed by atoms with Crippen LogP contribution in [0.4, 0.5) is 5.82 Å². The van der Waals surface area contributed by atoms with E-state index >= 15 is 0 Å². The quantitative estimate of drug-likeness (QED) is 0.372. The molecule has 0 spiro atoms. The van der Waals surface area contributed by atoms with Crippen molar-refractivity contribution in [2.75, 3.05) is 5.32 Å². The van der Waals surface area contributed by atoms with Gasteiger partial charge in [0.25, 0.3) is 0 Å². The molecule has 0 atom stereocenters. The third-order valence-corrected chi connectivity index (χ3v) is 5.65. The molecular weight excluding hydrogens is 384 g/mol. The maximum absolute atomic E-state index is 12.4. The van der Waals surface area contributed by atoms with Gasteiger partial charge < -0.3 is 10.3 Å². The van der Waals surface area contributed by atoms with Crippen molar-refractivity contribution in [1.29, 1.82) is 0 Å². The molecule has 5 aromatic rings. The number of anilines is 1. The summed E-state index contributed by atoms with van der Waals surface area (Å²) in [7, 11) is 0. The predicted octanol–water partition coefficient (Wildman–Crippen LogP) is 5.53. The zero-order valence-corrected chi connectivity index (χ0v) is 17.2. The van der Waals surface area contributed by atoms with Crippen LogP contribution in [0.3, 0.4) is 0 Å². The van der Waals surface area contributed by atoms with E-state index in [9.17, 15) is 4.79 Å². The first kappa shape index (κ1) is 19.1. The average Bonchev–Trinajstić information content (AvgIpc) is 3.41. The van der Waals surface area contributed by atoms with E-state index in [2.05, 4.69) is 63.9 Å². The zero-order chi connectivity index (χ0) is 21.0. The highest BCUT2D eigenvalue weighted by Gasteiger charge is 2.08. The van der Waals surface area contributed by atoms with E-state index in [1.54, 1.807) is 0 Å². The molecule has 5 heteroatoms. The molecule has 5 nitrogen and oxygen atoms in total. The van der Waals surface area contributed by atoms with E-state index < -0.39 is 0 Å². The summed E-state index contributed by atoms with van der Waals surface area (Å²) in [5.41, 5.74) is 3.60. The third-order valence-electron chi connectivity index (χ3n) is 5.65. The van der Waals surface area contributed by atoms with Gasteiger partial charge in [-0.15, -0.1) is 0 Å². The van der Waals surface area contributed by atoms with Gasteiger partial charge in [-0.3, -0.25) is 9.48 Å². The van der Waals surface area contributed by atoms with Gasteiger partial charge in [-0.05, 0) is 40.8 Å². The van der Waals surface area contributed by atoms with Crippen LogP contribution < -0.4 is 5.32 Å². The number of aromatic amines is 1. The molecule has 0 saturated heterocycles. The molecule has 0 bridgehead atoms. The number of benzene rings is 3. The Morgan fingerprint density at radius 3 is 2.65 bits per heavy atom. The summed E-state index contributed by atoms with van der Waals surface area (Å²) in [6.45, 7) is 0.664. The number of nitrogens with zero attached hydrogens (tertiary/aromatic N) is 2. The number of rotatable bonds is 7. The van der Waals surface area contributed by atoms with Crippen molar-refractivity contribution in [2.45, 2.75) is 25.8 Å². The Hall–Kier alpha value is -3.86.